The fraction of sp³-hybridized carbons (Fsp3) is 0.571. The van der Waals surface area contributed by atoms with Crippen LogP contribution in [0.3, 0.4) is 0 Å². The Labute approximate surface area is 187 Å². The average Bonchev–Trinajstić information content (AvgIpc) is 3.30. The van der Waals surface area contributed by atoms with Gasteiger partial charge in [0.1, 0.15) is 5.82 Å². The summed E-state index contributed by atoms with van der Waals surface area (Å²) in [5.41, 5.74) is 0.351. The number of carbonyl (C=O) groups is 2. The van der Waals surface area contributed by atoms with Gasteiger partial charge in [-0.3, -0.25) is 4.79 Å². The molecule has 0 unspecified atom stereocenters. The summed E-state index contributed by atoms with van der Waals surface area (Å²) in [4.78, 5) is 29.8. The van der Waals surface area contributed by atoms with Crippen LogP contribution in [0.2, 0.25) is 4.34 Å². The standard InChI is InChI=1S/C21H30ClN5O2S/c1-21(2,3)19(28)27-18(23-13-15-6-7-17(22)30-15)12-16(24-27)14-8-10-26(11-9-14)20(29)25(4)5/h6-7,12,14,23H,8-11,13H2,1-5H3. The van der Waals surface area contributed by atoms with E-state index < -0.39 is 5.41 Å². The van der Waals surface area contributed by atoms with Crippen LogP contribution in [0, 0.1) is 5.41 Å². The minimum atomic E-state index is -0.548. The zero-order valence-corrected chi connectivity index (χ0v) is 19.8. The highest BCUT2D eigenvalue weighted by molar-refractivity contribution is 7.16. The number of aromatic nitrogens is 2. The second-order valence-electron chi connectivity index (χ2n) is 8.92. The fourth-order valence-electron chi connectivity index (χ4n) is 3.47. The monoisotopic (exact) mass is 451 g/mol. The van der Waals surface area contributed by atoms with Gasteiger partial charge in [-0.2, -0.15) is 9.78 Å². The number of halogens is 1. The van der Waals surface area contributed by atoms with Gasteiger partial charge in [-0.15, -0.1) is 11.3 Å². The summed E-state index contributed by atoms with van der Waals surface area (Å²) in [6, 6.07) is 5.87. The Morgan fingerprint density at radius 3 is 2.47 bits per heavy atom. The molecule has 0 spiro atoms. The molecule has 164 valence electrons. The molecule has 0 aromatic carbocycles. The Bertz CT molecular complexity index is 907. The second-order valence-corrected chi connectivity index (χ2v) is 10.7. The van der Waals surface area contributed by atoms with Crippen LogP contribution in [0.25, 0.3) is 0 Å². The third-order valence-electron chi connectivity index (χ3n) is 5.20. The third kappa shape index (κ3) is 5.16. The fourth-order valence-corrected chi connectivity index (χ4v) is 4.50. The zero-order chi connectivity index (χ0) is 22.1. The van der Waals surface area contributed by atoms with Gasteiger partial charge >= 0.3 is 6.03 Å². The van der Waals surface area contributed by atoms with Gasteiger partial charge in [-0.1, -0.05) is 32.4 Å². The first-order valence-electron chi connectivity index (χ1n) is 10.2. The van der Waals surface area contributed by atoms with E-state index in [1.807, 2.05) is 43.9 Å². The maximum absolute atomic E-state index is 13.0. The van der Waals surface area contributed by atoms with Gasteiger partial charge in [-0.05, 0) is 25.0 Å². The van der Waals surface area contributed by atoms with Crippen molar-refractivity contribution >= 4 is 40.7 Å². The van der Waals surface area contributed by atoms with Crippen LogP contribution >= 0.6 is 22.9 Å². The lowest BCUT2D eigenvalue weighted by atomic mass is 9.94. The maximum atomic E-state index is 13.0. The molecule has 30 heavy (non-hydrogen) atoms. The molecule has 2 amide bonds. The van der Waals surface area contributed by atoms with Crippen molar-refractivity contribution in [2.75, 3.05) is 32.5 Å². The molecule has 9 heteroatoms. The van der Waals surface area contributed by atoms with E-state index in [4.69, 9.17) is 16.7 Å². The van der Waals surface area contributed by atoms with E-state index in [1.54, 1.807) is 19.0 Å². The molecule has 1 aliphatic rings. The van der Waals surface area contributed by atoms with Crippen molar-refractivity contribution in [2.45, 2.75) is 46.1 Å². The molecule has 3 rings (SSSR count). The number of hydrogen-bond donors (Lipinski definition) is 1. The van der Waals surface area contributed by atoms with Gasteiger partial charge in [0.15, 0.2) is 0 Å². The highest BCUT2D eigenvalue weighted by Gasteiger charge is 2.30. The molecular formula is C21H30ClN5O2S. The zero-order valence-electron chi connectivity index (χ0n) is 18.2. The third-order valence-corrected chi connectivity index (χ3v) is 6.43. The Balaban J connectivity index is 1.77. The molecule has 1 N–H and O–H groups in total. The molecule has 0 saturated carbocycles. The molecule has 3 heterocycles. The second kappa shape index (κ2) is 8.98. The van der Waals surface area contributed by atoms with Gasteiger partial charge in [-0.25, -0.2) is 4.79 Å². The van der Waals surface area contributed by atoms with Crippen LogP contribution in [0.4, 0.5) is 10.6 Å². The number of thiophene rings is 1. The number of carbonyl (C=O) groups excluding carboxylic acids is 2. The van der Waals surface area contributed by atoms with Gasteiger partial charge in [0.2, 0.25) is 0 Å². The van der Waals surface area contributed by atoms with Crippen molar-refractivity contribution in [3.05, 3.63) is 33.1 Å². The first-order valence-corrected chi connectivity index (χ1v) is 11.3. The van der Waals surface area contributed by atoms with Gasteiger partial charge in [0, 0.05) is 49.5 Å². The lowest BCUT2D eigenvalue weighted by Crippen LogP contribution is -2.43. The molecule has 0 radical (unpaired) electrons. The van der Waals surface area contributed by atoms with E-state index in [1.165, 1.54) is 16.0 Å². The smallest absolute Gasteiger partial charge is 0.319 e. The molecule has 7 nitrogen and oxygen atoms in total. The van der Waals surface area contributed by atoms with Crippen molar-refractivity contribution in [3.8, 4) is 0 Å². The number of likely N-dealkylation sites (tertiary alicyclic amines) is 1. The summed E-state index contributed by atoms with van der Waals surface area (Å²) >= 11 is 7.54. The molecule has 1 fully saturated rings. The SMILES string of the molecule is CN(C)C(=O)N1CCC(c2cc(NCc3ccc(Cl)s3)n(C(=O)C(C)(C)C)n2)CC1. The number of piperidine rings is 1. The Kier molecular flexibility index (Phi) is 6.77. The van der Waals surface area contributed by atoms with E-state index in [2.05, 4.69) is 5.32 Å². The molecule has 0 bridgehead atoms. The first-order chi connectivity index (χ1) is 14.1. The maximum Gasteiger partial charge on any atom is 0.319 e. The summed E-state index contributed by atoms with van der Waals surface area (Å²) in [5, 5.41) is 8.05. The number of nitrogens with one attached hydrogen (secondary N) is 1. The van der Waals surface area contributed by atoms with Crippen molar-refractivity contribution in [1.82, 2.24) is 19.6 Å². The number of amides is 2. The van der Waals surface area contributed by atoms with Crippen molar-refractivity contribution in [3.63, 3.8) is 0 Å². The van der Waals surface area contributed by atoms with Crippen molar-refractivity contribution < 1.29 is 9.59 Å². The lowest BCUT2D eigenvalue weighted by molar-refractivity contribution is 0.0751. The molecule has 1 saturated heterocycles. The number of hydrogen-bond acceptors (Lipinski definition) is 5. The molecule has 1 aliphatic heterocycles. The quantitative estimate of drug-likeness (QED) is 0.727. The Morgan fingerprint density at radius 1 is 1.27 bits per heavy atom. The number of anilines is 1. The number of nitrogens with zero attached hydrogens (tertiary/aromatic N) is 4. The summed E-state index contributed by atoms with van der Waals surface area (Å²) in [6.45, 7) is 7.65. The van der Waals surface area contributed by atoms with Gasteiger partial charge in [0.05, 0.1) is 16.6 Å². The minimum Gasteiger partial charge on any atom is -0.365 e. The van der Waals surface area contributed by atoms with Crippen LogP contribution < -0.4 is 5.32 Å². The summed E-state index contributed by atoms with van der Waals surface area (Å²) in [6.07, 6.45) is 1.67. The van der Waals surface area contributed by atoms with Crippen LogP contribution in [0.15, 0.2) is 18.2 Å². The van der Waals surface area contributed by atoms with Crippen LogP contribution in [-0.2, 0) is 6.54 Å². The number of urea groups is 1. The average molecular weight is 452 g/mol. The minimum absolute atomic E-state index is 0.0406. The van der Waals surface area contributed by atoms with E-state index in [0.29, 0.717) is 25.5 Å². The molecular weight excluding hydrogens is 422 g/mol. The normalized spacial score (nSPS) is 15.3. The summed E-state index contributed by atoms with van der Waals surface area (Å²) in [7, 11) is 3.54. The largest absolute Gasteiger partial charge is 0.365 e. The van der Waals surface area contributed by atoms with Crippen LogP contribution in [0.5, 0.6) is 0 Å². The van der Waals surface area contributed by atoms with Gasteiger partial charge < -0.3 is 15.1 Å². The highest BCUT2D eigenvalue weighted by atomic mass is 35.5. The molecule has 2 aromatic heterocycles. The summed E-state index contributed by atoms with van der Waals surface area (Å²) < 4.78 is 2.24. The lowest BCUT2D eigenvalue weighted by Gasteiger charge is -2.33. The van der Waals surface area contributed by atoms with E-state index >= 15 is 0 Å². The van der Waals surface area contributed by atoms with Crippen molar-refractivity contribution in [2.24, 2.45) is 5.41 Å². The van der Waals surface area contributed by atoms with Crippen LogP contribution in [-0.4, -0.2) is 58.7 Å². The summed E-state index contributed by atoms with van der Waals surface area (Å²) in [5.74, 6) is 0.865. The van der Waals surface area contributed by atoms with Gasteiger partial charge in [0.25, 0.3) is 5.91 Å². The first kappa shape index (κ1) is 22.6. The number of rotatable bonds is 4. The van der Waals surface area contributed by atoms with E-state index in [0.717, 1.165) is 27.7 Å². The molecule has 2 aromatic rings. The van der Waals surface area contributed by atoms with Crippen molar-refractivity contribution in [1.29, 1.82) is 0 Å². The van der Waals surface area contributed by atoms with Crippen LogP contribution in [0.1, 0.15) is 54.9 Å². The van der Waals surface area contributed by atoms with E-state index in [-0.39, 0.29) is 17.9 Å². The molecule has 0 aliphatic carbocycles. The topological polar surface area (TPSA) is 70.5 Å². The molecule has 0 atom stereocenters. The predicted octanol–water partition coefficient (Wildman–Crippen LogP) is 4.76. The Hall–Kier alpha value is -2.06. The highest BCUT2D eigenvalue weighted by Crippen LogP contribution is 2.31. The predicted molar refractivity (Wildman–Crippen MR) is 122 cm³/mol. The Morgan fingerprint density at radius 2 is 1.93 bits per heavy atom. The van der Waals surface area contributed by atoms with E-state index in [9.17, 15) is 9.59 Å².